The van der Waals surface area contributed by atoms with E-state index in [1.54, 1.807) is 29.3 Å². The molecule has 0 radical (unpaired) electrons. The van der Waals surface area contributed by atoms with E-state index in [9.17, 15) is 9.59 Å². The van der Waals surface area contributed by atoms with E-state index in [-0.39, 0.29) is 11.8 Å². The topological polar surface area (TPSA) is 56.8 Å². The number of carbonyl (C=O) groups is 2. The van der Waals surface area contributed by atoms with Crippen molar-refractivity contribution in [3.8, 4) is 0 Å². The van der Waals surface area contributed by atoms with Gasteiger partial charge in [0.2, 0.25) is 0 Å². The monoisotopic (exact) mass is 432 g/mol. The first kappa shape index (κ1) is 19.6. The Morgan fingerprint density at radius 1 is 0.935 bits per heavy atom. The molecule has 2 aliphatic rings. The SMILES string of the molecule is O=C(c1cccc(N2Cc3cccc(Cl)c3C2=O)c1)N1CCN(c2ccccn2)CC1. The molecule has 1 fully saturated rings. The number of piperazine rings is 1. The Morgan fingerprint density at radius 2 is 1.74 bits per heavy atom. The summed E-state index contributed by atoms with van der Waals surface area (Å²) in [4.78, 5) is 36.1. The van der Waals surface area contributed by atoms with Crippen LogP contribution in [0.3, 0.4) is 0 Å². The van der Waals surface area contributed by atoms with Gasteiger partial charge in [-0.1, -0.05) is 35.9 Å². The summed E-state index contributed by atoms with van der Waals surface area (Å²) in [7, 11) is 0. The zero-order valence-electron chi connectivity index (χ0n) is 16.9. The largest absolute Gasteiger partial charge is 0.353 e. The molecule has 0 saturated carbocycles. The normalized spacial score (nSPS) is 15.9. The molecule has 31 heavy (non-hydrogen) atoms. The number of halogens is 1. The fraction of sp³-hybridized carbons (Fsp3) is 0.208. The third-order valence-corrected chi connectivity index (χ3v) is 6.15. The van der Waals surface area contributed by atoms with Crippen LogP contribution in [0.2, 0.25) is 5.02 Å². The number of fused-ring (bicyclic) bond motifs is 1. The van der Waals surface area contributed by atoms with Crippen molar-refractivity contribution in [3.63, 3.8) is 0 Å². The second kappa shape index (κ2) is 8.04. The van der Waals surface area contributed by atoms with Crippen molar-refractivity contribution in [1.82, 2.24) is 9.88 Å². The molecule has 6 nitrogen and oxygen atoms in total. The highest BCUT2D eigenvalue weighted by Crippen LogP contribution is 2.33. The van der Waals surface area contributed by atoms with Gasteiger partial charge in [-0.3, -0.25) is 9.59 Å². The number of aromatic nitrogens is 1. The van der Waals surface area contributed by atoms with Crippen LogP contribution in [0.25, 0.3) is 0 Å². The fourth-order valence-corrected chi connectivity index (χ4v) is 4.47. The lowest BCUT2D eigenvalue weighted by Gasteiger charge is -2.35. The van der Waals surface area contributed by atoms with E-state index in [0.29, 0.717) is 41.5 Å². The number of hydrogen-bond acceptors (Lipinski definition) is 4. The first-order valence-electron chi connectivity index (χ1n) is 10.3. The average Bonchev–Trinajstić information content (AvgIpc) is 3.17. The summed E-state index contributed by atoms with van der Waals surface area (Å²) >= 11 is 6.24. The third kappa shape index (κ3) is 3.64. The Bertz CT molecular complexity index is 1140. The minimum Gasteiger partial charge on any atom is -0.353 e. The molecule has 1 saturated heterocycles. The van der Waals surface area contributed by atoms with Crippen LogP contribution in [0.1, 0.15) is 26.3 Å². The first-order valence-corrected chi connectivity index (χ1v) is 10.6. The summed E-state index contributed by atoms with van der Waals surface area (Å²) < 4.78 is 0. The third-order valence-electron chi connectivity index (χ3n) is 5.83. The maximum atomic E-state index is 13.1. The maximum absolute atomic E-state index is 13.1. The van der Waals surface area contributed by atoms with Crippen molar-refractivity contribution in [3.05, 3.63) is 88.6 Å². The van der Waals surface area contributed by atoms with Crippen LogP contribution in [0.5, 0.6) is 0 Å². The Balaban J connectivity index is 1.30. The van der Waals surface area contributed by atoms with Crippen LogP contribution in [-0.4, -0.2) is 47.9 Å². The molecule has 5 rings (SSSR count). The highest BCUT2D eigenvalue weighted by Gasteiger charge is 2.31. The molecular formula is C24H21ClN4O2. The molecule has 2 aliphatic heterocycles. The number of nitrogens with zero attached hydrogens (tertiary/aromatic N) is 4. The Hall–Kier alpha value is -3.38. The summed E-state index contributed by atoms with van der Waals surface area (Å²) in [6.07, 6.45) is 1.78. The van der Waals surface area contributed by atoms with Gasteiger partial charge in [0.15, 0.2) is 0 Å². The van der Waals surface area contributed by atoms with Crippen molar-refractivity contribution in [2.24, 2.45) is 0 Å². The van der Waals surface area contributed by atoms with E-state index in [4.69, 9.17) is 11.6 Å². The lowest BCUT2D eigenvalue weighted by atomic mass is 10.1. The van der Waals surface area contributed by atoms with Crippen molar-refractivity contribution < 1.29 is 9.59 Å². The summed E-state index contributed by atoms with van der Waals surface area (Å²) in [6.45, 7) is 3.18. The Labute approximate surface area is 185 Å². The second-order valence-corrected chi connectivity index (χ2v) is 8.09. The number of carbonyl (C=O) groups excluding carboxylic acids is 2. The van der Waals surface area contributed by atoms with Gasteiger partial charge in [-0.05, 0) is 42.0 Å². The summed E-state index contributed by atoms with van der Waals surface area (Å²) in [5.74, 6) is 0.779. The number of pyridine rings is 1. The van der Waals surface area contributed by atoms with Crippen molar-refractivity contribution in [2.75, 3.05) is 36.0 Å². The molecule has 0 unspecified atom stereocenters. The van der Waals surface area contributed by atoms with E-state index in [1.807, 2.05) is 47.4 Å². The number of amides is 2. The number of hydrogen-bond donors (Lipinski definition) is 0. The molecule has 3 aromatic rings. The number of benzene rings is 2. The van der Waals surface area contributed by atoms with Crippen LogP contribution in [0.4, 0.5) is 11.5 Å². The molecule has 0 aliphatic carbocycles. The molecule has 0 atom stereocenters. The van der Waals surface area contributed by atoms with Gasteiger partial charge >= 0.3 is 0 Å². The van der Waals surface area contributed by atoms with Gasteiger partial charge in [-0.15, -0.1) is 0 Å². The predicted octanol–water partition coefficient (Wildman–Crippen LogP) is 3.86. The lowest BCUT2D eigenvalue weighted by molar-refractivity contribution is 0.0746. The van der Waals surface area contributed by atoms with Gasteiger partial charge < -0.3 is 14.7 Å². The minimum absolute atomic E-state index is 0.0234. The maximum Gasteiger partial charge on any atom is 0.260 e. The van der Waals surface area contributed by atoms with E-state index < -0.39 is 0 Å². The number of rotatable bonds is 3. The molecule has 0 N–H and O–H groups in total. The van der Waals surface area contributed by atoms with Gasteiger partial charge in [-0.2, -0.15) is 0 Å². The molecule has 2 amide bonds. The quantitative estimate of drug-likeness (QED) is 0.630. The van der Waals surface area contributed by atoms with Gasteiger partial charge in [0.1, 0.15) is 5.82 Å². The summed E-state index contributed by atoms with van der Waals surface area (Å²) in [5.41, 5.74) is 2.74. The predicted molar refractivity (Wildman–Crippen MR) is 121 cm³/mol. The average molecular weight is 433 g/mol. The van der Waals surface area contributed by atoms with Gasteiger partial charge in [-0.25, -0.2) is 4.98 Å². The molecule has 2 aromatic carbocycles. The molecule has 3 heterocycles. The molecular weight excluding hydrogens is 412 g/mol. The highest BCUT2D eigenvalue weighted by molar-refractivity contribution is 6.35. The molecule has 7 heteroatoms. The highest BCUT2D eigenvalue weighted by atomic mass is 35.5. The van der Waals surface area contributed by atoms with Crippen molar-refractivity contribution in [1.29, 1.82) is 0 Å². The van der Waals surface area contributed by atoms with Gasteiger partial charge in [0, 0.05) is 43.6 Å². The zero-order valence-corrected chi connectivity index (χ0v) is 17.6. The lowest BCUT2D eigenvalue weighted by Crippen LogP contribution is -2.49. The smallest absolute Gasteiger partial charge is 0.260 e. The van der Waals surface area contributed by atoms with Gasteiger partial charge in [0.25, 0.3) is 11.8 Å². The van der Waals surface area contributed by atoms with Crippen LogP contribution < -0.4 is 9.80 Å². The molecule has 1 aromatic heterocycles. The standard InChI is InChI=1S/C24H21ClN4O2/c25-20-8-4-6-18-16-29(24(31)22(18)20)19-7-3-5-17(15-19)23(30)28-13-11-27(12-14-28)21-9-1-2-10-26-21/h1-10,15H,11-14,16H2. The minimum atomic E-state index is -0.130. The molecule has 156 valence electrons. The first-order chi connectivity index (χ1) is 15.1. The van der Waals surface area contributed by atoms with E-state index in [0.717, 1.165) is 24.5 Å². The fourth-order valence-electron chi connectivity index (χ4n) is 4.19. The van der Waals surface area contributed by atoms with Crippen LogP contribution in [0, 0.1) is 0 Å². The van der Waals surface area contributed by atoms with E-state index in [1.165, 1.54) is 0 Å². The summed E-state index contributed by atoms with van der Waals surface area (Å²) in [6, 6.07) is 18.6. The molecule has 0 spiro atoms. The summed E-state index contributed by atoms with van der Waals surface area (Å²) in [5, 5.41) is 0.461. The Kier molecular flexibility index (Phi) is 5.08. The number of anilines is 2. The second-order valence-electron chi connectivity index (χ2n) is 7.68. The van der Waals surface area contributed by atoms with Crippen molar-refractivity contribution >= 4 is 34.9 Å². The van der Waals surface area contributed by atoms with E-state index in [2.05, 4.69) is 9.88 Å². The van der Waals surface area contributed by atoms with Crippen molar-refractivity contribution in [2.45, 2.75) is 6.54 Å². The molecule has 0 bridgehead atoms. The van der Waals surface area contributed by atoms with Gasteiger partial charge in [0.05, 0.1) is 17.1 Å². The Morgan fingerprint density at radius 3 is 2.48 bits per heavy atom. The van der Waals surface area contributed by atoms with E-state index >= 15 is 0 Å². The van der Waals surface area contributed by atoms with Crippen LogP contribution >= 0.6 is 11.6 Å². The van der Waals surface area contributed by atoms with Crippen LogP contribution in [0.15, 0.2) is 66.9 Å². The zero-order chi connectivity index (χ0) is 21.4. The van der Waals surface area contributed by atoms with Crippen LogP contribution in [-0.2, 0) is 6.54 Å².